The molecule has 0 unspecified atom stereocenters. The van der Waals surface area contributed by atoms with Crippen LogP contribution in [0.1, 0.15) is 34.9 Å². The van der Waals surface area contributed by atoms with E-state index in [0.29, 0.717) is 49.3 Å². The number of amides is 1. The second-order valence-electron chi connectivity index (χ2n) is 8.35. The summed E-state index contributed by atoms with van der Waals surface area (Å²) in [6.45, 7) is 2.08. The number of nitrogens with zero attached hydrogens (tertiary/aromatic N) is 6. The number of aliphatic hydroxyl groups excluding tert-OH is 1. The van der Waals surface area contributed by atoms with Crippen LogP contribution in [-0.2, 0) is 6.54 Å². The van der Waals surface area contributed by atoms with Crippen LogP contribution in [0.3, 0.4) is 0 Å². The predicted molar refractivity (Wildman–Crippen MR) is 105 cm³/mol. The van der Waals surface area contributed by atoms with Crippen molar-refractivity contribution in [3.05, 3.63) is 35.8 Å². The molecule has 0 radical (unpaired) electrons. The van der Waals surface area contributed by atoms with Crippen molar-refractivity contribution in [2.75, 3.05) is 34.3 Å². The van der Waals surface area contributed by atoms with Crippen molar-refractivity contribution in [2.45, 2.75) is 31.5 Å². The summed E-state index contributed by atoms with van der Waals surface area (Å²) in [6.07, 6.45) is 4.46. The molecular formula is C20H28N6O3. The van der Waals surface area contributed by atoms with Crippen molar-refractivity contribution < 1.29 is 14.6 Å². The third-order valence-electron chi connectivity index (χ3n) is 5.96. The summed E-state index contributed by atoms with van der Waals surface area (Å²) in [5.74, 6) is 1.12. The SMILES string of the molecule is COc1ccc(C(=O)N2C[C@H]3C[C@@H](n4cc(CN(C)C)nn4)[C@H](O)C[C@H]3C2)cn1. The molecule has 4 rings (SSSR count). The summed E-state index contributed by atoms with van der Waals surface area (Å²) in [5.41, 5.74) is 1.45. The van der Waals surface area contributed by atoms with Gasteiger partial charge in [-0.3, -0.25) is 4.79 Å². The van der Waals surface area contributed by atoms with Gasteiger partial charge in [0, 0.05) is 31.9 Å². The molecule has 156 valence electrons. The molecular weight excluding hydrogens is 372 g/mol. The van der Waals surface area contributed by atoms with Crippen LogP contribution >= 0.6 is 0 Å². The molecule has 1 saturated heterocycles. The van der Waals surface area contributed by atoms with Crippen molar-refractivity contribution in [2.24, 2.45) is 11.8 Å². The van der Waals surface area contributed by atoms with Gasteiger partial charge in [-0.25, -0.2) is 9.67 Å². The zero-order chi connectivity index (χ0) is 20.5. The second kappa shape index (κ2) is 8.08. The first-order valence-corrected chi connectivity index (χ1v) is 9.97. The molecule has 0 bridgehead atoms. The smallest absolute Gasteiger partial charge is 0.255 e. The molecule has 0 spiro atoms. The van der Waals surface area contributed by atoms with E-state index in [0.717, 1.165) is 12.1 Å². The Balaban J connectivity index is 1.43. The number of ether oxygens (including phenoxy) is 1. The van der Waals surface area contributed by atoms with Crippen molar-refractivity contribution >= 4 is 5.91 Å². The van der Waals surface area contributed by atoms with Crippen LogP contribution < -0.4 is 4.74 Å². The first-order valence-electron chi connectivity index (χ1n) is 9.97. The summed E-state index contributed by atoms with van der Waals surface area (Å²) < 4.78 is 6.86. The van der Waals surface area contributed by atoms with E-state index in [1.165, 1.54) is 0 Å². The summed E-state index contributed by atoms with van der Waals surface area (Å²) in [4.78, 5) is 20.9. The van der Waals surface area contributed by atoms with Gasteiger partial charge in [-0.2, -0.15) is 0 Å². The Hall–Kier alpha value is -2.52. The number of pyridine rings is 1. The standard InChI is InChI=1S/C20H28N6O3/c1-24(2)11-16-12-26(23-22-16)17-6-14-9-25(10-15(14)7-18(17)27)20(28)13-4-5-19(29-3)21-8-13/h4-5,8,12,14-15,17-18,27H,6-7,9-11H2,1-3H3/t14-,15+,17-,18-/m1/s1. The maximum Gasteiger partial charge on any atom is 0.255 e. The van der Waals surface area contributed by atoms with E-state index < -0.39 is 6.10 Å². The Morgan fingerprint density at radius 3 is 2.69 bits per heavy atom. The highest BCUT2D eigenvalue weighted by Crippen LogP contribution is 2.41. The lowest BCUT2D eigenvalue weighted by atomic mass is 9.77. The molecule has 1 aliphatic carbocycles. The number of carbonyl (C=O) groups is 1. The molecule has 4 atom stereocenters. The molecule has 2 fully saturated rings. The van der Waals surface area contributed by atoms with Gasteiger partial charge in [-0.1, -0.05) is 5.21 Å². The number of methoxy groups -OCH3 is 1. The van der Waals surface area contributed by atoms with Crippen LogP contribution in [0.25, 0.3) is 0 Å². The normalized spacial score (nSPS) is 26.6. The van der Waals surface area contributed by atoms with Gasteiger partial charge in [0.05, 0.1) is 36.7 Å². The average Bonchev–Trinajstić information content (AvgIpc) is 3.32. The molecule has 2 aromatic rings. The third-order valence-corrected chi connectivity index (χ3v) is 5.96. The van der Waals surface area contributed by atoms with Crippen LogP contribution in [0.4, 0.5) is 0 Å². The minimum absolute atomic E-state index is 0.0189. The molecule has 1 aliphatic heterocycles. The quantitative estimate of drug-likeness (QED) is 0.794. The zero-order valence-electron chi connectivity index (χ0n) is 17.1. The Morgan fingerprint density at radius 2 is 2.03 bits per heavy atom. The Morgan fingerprint density at radius 1 is 1.28 bits per heavy atom. The van der Waals surface area contributed by atoms with Gasteiger partial charge in [-0.15, -0.1) is 5.10 Å². The third kappa shape index (κ3) is 4.11. The van der Waals surface area contributed by atoms with Gasteiger partial charge in [-0.05, 0) is 44.8 Å². The number of aromatic nitrogens is 4. The Bertz CT molecular complexity index is 852. The number of rotatable bonds is 5. The van der Waals surface area contributed by atoms with Crippen LogP contribution in [0.5, 0.6) is 5.88 Å². The van der Waals surface area contributed by atoms with Gasteiger partial charge in [0.25, 0.3) is 5.91 Å². The fraction of sp³-hybridized carbons (Fsp3) is 0.600. The number of aliphatic hydroxyl groups is 1. The van der Waals surface area contributed by atoms with E-state index in [9.17, 15) is 9.90 Å². The molecule has 2 aliphatic rings. The number of likely N-dealkylation sites (tertiary alicyclic amines) is 1. The van der Waals surface area contributed by atoms with E-state index in [1.807, 2.05) is 30.1 Å². The first-order chi connectivity index (χ1) is 13.9. The van der Waals surface area contributed by atoms with Crippen molar-refractivity contribution in [1.82, 2.24) is 29.8 Å². The van der Waals surface area contributed by atoms with Crippen LogP contribution in [0.15, 0.2) is 24.5 Å². The summed E-state index contributed by atoms with van der Waals surface area (Å²) >= 11 is 0. The molecule has 1 saturated carbocycles. The Labute approximate surface area is 170 Å². The van der Waals surface area contributed by atoms with E-state index in [2.05, 4.69) is 15.3 Å². The minimum atomic E-state index is -0.483. The lowest BCUT2D eigenvalue weighted by Crippen LogP contribution is -2.36. The molecule has 1 N–H and O–H groups in total. The van der Waals surface area contributed by atoms with Crippen molar-refractivity contribution in [3.63, 3.8) is 0 Å². The minimum Gasteiger partial charge on any atom is -0.481 e. The number of carbonyl (C=O) groups excluding carboxylic acids is 1. The molecule has 0 aromatic carbocycles. The van der Waals surface area contributed by atoms with Gasteiger partial charge >= 0.3 is 0 Å². The van der Waals surface area contributed by atoms with Gasteiger partial charge < -0.3 is 19.6 Å². The molecule has 29 heavy (non-hydrogen) atoms. The molecule has 9 nitrogen and oxygen atoms in total. The highest BCUT2D eigenvalue weighted by Gasteiger charge is 2.44. The first kappa shape index (κ1) is 19.8. The highest BCUT2D eigenvalue weighted by atomic mass is 16.5. The molecule has 2 aromatic heterocycles. The number of hydrogen-bond donors (Lipinski definition) is 1. The van der Waals surface area contributed by atoms with E-state index in [1.54, 1.807) is 30.1 Å². The second-order valence-corrected chi connectivity index (χ2v) is 8.35. The van der Waals surface area contributed by atoms with Crippen LogP contribution in [0.2, 0.25) is 0 Å². The van der Waals surface area contributed by atoms with Gasteiger partial charge in [0.2, 0.25) is 5.88 Å². The largest absolute Gasteiger partial charge is 0.481 e. The van der Waals surface area contributed by atoms with Gasteiger partial charge in [0.1, 0.15) is 0 Å². The zero-order valence-corrected chi connectivity index (χ0v) is 17.1. The fourth-order valence-corrected chi connectivity index (χ4v) is 4.54. The summed E-state index contributed by atoms with van der Waals surface area (Å²) in [5, 5.41) is 19.2. The monoisotopic (exact) mass is 400 g/mol. The van der Waals surface area contributed by atoms with E-state index in [-0.39, 0.29) is 11.9 Å². The maximum atomic E-state index is 12.9. The summed E-state index contributed by atoms with van der Waals surface area (Å²) in [7, 11) is 5.53. The lowest BCUT2D eigenvalue weighted by Gasteiger charge is -2.34. The van der Waals surface area contributed by atoms with E-state index in [4.69, 9.17) is 4.74 Å². The van der Waals surface area contributed by atoms with Crippen molar-refractivity contribution in [3.8, 4) is 5.88 Å². The molecule has 3 heterocycles. The average molecular weight is 400 g/mol. The molecule has 1 amide bonds. The summed E-state index contributed by atoms with van der Waals surface area (Å²) in [6, 6.07) is 3.35. The number of fused-ring (bicyclic) bond motifs is 1. The van der Waals surface area contributed by atoms with Crippen LogP contribution in [-0.4, -0.2) is 81.2 Å². The molecule has 9 heteroatoms. The van der Waals surface area contributed by atoms with E-state index >= 15 is 0 Å². The topological polar surface area (TPSA) is 96.6 Å². The Kier molecular flexibility index (Phi) is 5.51. The lowest BCUT2D eigenvalue weighted by molar-refractivity contribution is 0.0298. The fourth-order valence-electron chi connectivity index (χ4n) is 4.54. The van der Waals surface area contributed by atoms with Crippen LogP contribution in [0, 0.1) is 11.8 Å². The van der Waals surface area contributed by atoms with Gasteiger partial charge in [0.15, 0.2) is 0 Å². The highest BCUT2D eigenvalue weighted by molar-refractivity contribution is 5.94. The maximum absolute atomic E-state index is 12.9. The van der Waals surface area contributed by atoms with Crippen molar-refractivity contribution in [1.29, 1.82) is 0 Å². The predicted octanol–water partition coefficient (Wildman–Crippen LogP) is 0.827. The number of hydrogen-bond acceptors (Lipinski definition) is 7.